The molecule has 0 amide bonds. The zero-order valence-electron chi connectivity index (χ0n) is 43.4. The number of nitrogens with zero attached hydrogens (tertiary/aromatic N) is 6. The molecule has 2 aliphatic rings. The third kappa shape index (κ3) is 4.63. The quantitative estimate of drug-likeness (QED) is 0.173. The van der Waals surface area contributed by atoms with Crippen LogP contribution in [0.5, 0.6) is 0 Å². The van der Waals surface area contributed by atoms with Gasteiger partial charge in [-0.2, -0.15) is 0 Å². The van der Waals surface area contributed by atoms with Gasteiger partial charge >= 0.3 is 0 Å². The Labute approximate surface area is 427 Å². The van der Waals surface area contributed by atoms with E-state index in [2.05, 4.69) is 220 Å². The first kappa shape index (κ1) is 41.0. The van der Waals surface area contributed by atoms with Crippen molar-refractivity contribution < 1.29 is 0 Å². The Balaban J connectivity index is 1.13. The summed E-state index contributed by atoms with van der Waals surface area (Å²) in [6.45, 7) is 23.0. The first-order valence-electron chi connectivity index (χ1n) is 26.3. The molecule has 6 nitrogen and oxygen atoms in total. The lowest BCUT2D eigenvalue weighted by Gasteiger charge is -2.21. The number of imidazole rings is 4. The molecule has 0 unspecified atom stereocenters. The second kappa shape index (κ2) is 13.0. The van der Waals surface area contributed by atoms with Crippen LogP contribution in [0.2, 0.25) is 0 Å². The van der Waals surface area contributed by atoms with E-state index in [9.17, 15) is 0 Å². The highest BCUT2D eigenvalue weighted by Crippen LogP contribution is 2.56. The number of hydrogen-bond donors (Lipinski definition) is 0. The van der Waals surface area contributed by atoms with Gasteiger partial charge in [0.25, 0.3) is 0 Å². The van der Waals surface area contributed by atoms with Crippen molar-refractivity contribution in [2.45, 2.75) is 80.1 Å². The van der Waals surface area contributed by atoms with Gasteiger partial charge in [-0.1, -0.05) is 124 Å². The smallest absolute Gasteiger partial charge is 0.220 e. The fourth-order valence-electron chi connectivity index (χ4n) is 15.4. The lowest BCUT2D eigenvalue weighted by atomic mass is 9.82. The fourth-order valence-corrected chi connectivity index (χ4v) is 15.4. The molecule has 2 aliphatic carbocycles. The predicted octanol–water partition coefficient (Wildman–Crippen LogP) is 17.1. The normalized spacial score (nSPS) is 14.8. The van der Waals surface area contributed by atoms with Crippen LogP contribution in [0.15, 0.2) is 133 Å². The molecule has 0 bridgehead atoms. The fraction of sp³-hybridized carbons (Fsp3) is 0.176. The summed E-state index contributed by atoms with van der Waals surface area (Å²) in [7, 11) is 0. The van der Waals surface area contributed by atoms with Crippen LogP contribution in [-0.2, 0) is 10.8 Å². The van der Waals surface area contributed by atoms with Gasteiger partial charge in [-0.25, -0.2) is 9.97 Å². The molecule has 354 valence electrons. The van der Waals surface area contributed by atoms with Gasteiger partial charge < -0.3 is 0 Å². The average molecular weight is 953 g/mol. The maximum Gasteiger partial charge on any atom is 0.220 e. The molecule has 0 fully saturated rings. The molecule has 0 saturated heterocycles. The third-order valence-corrected chi connectivity index (χ3v) is 18.3. The van der Waals surface area contributed by atoms with Crippen LogP contribution >= 0.6 is 0 Å². The van der Waals surface area contributed by atoms with Gasteiger partial charge in [0.1, 0.15) is 0 Å². The Morgan fingerprint density at radius 3 is 1.11 bits per heavy atom. The average Bonchev–Trinajstić information content (AvgIpc) is 4.32. The van der Waals surface area contributed by atoms with Crippen LogP contribution in [0.1, 0.15) is 83.3 Å². The molecule has 0 atom stereocenters. The van der Waals surface area contributed by atoms with E-state index in [0.717, 1.165) is 33.6 Å². The lowest BCUT2D eigenvalue weighted by Crippen LogP contribution is -2.14. The van der Waals surface area contributed by atoms with Gasteiger partial charge in [0.2, 0.25) is 11.6 Å². The molecule has 0 aliphatic heterocycles. The standard InChI is InChI=1S/C68H52N6/c1-33-23-35(3)57(36(4)24-33)39-19-21-51-55(27-39)73-63-59-45-29-43-41-15-11-13-17-47(41)68(9,10)50(43)32-54(45)72-62(59)64(74-56-28-40(20-22-52(56)70-66(72)74)58-37(5)25-34(2)26-38(58)6)60-46-30-44-42-16-12-14-18-48(42)67(7,8)49(44)31-53(46)71(61(60)63)65(73)69-51/h11-32H,1-10H3. The molecular formula is C68H52N6. The second-order valence-electron chi connectivity index (χ2n) is 23.4. The number of rotatable bonds is 2. The van der Waals surface area contributed by atoms with Crippen LogP contribution in [0, 0.1) is 41.5 Å². The van der Waals surface area contributed by atoms with E-state index in [1.54, 1.807) is 0 Å². The Kier molecular flexibility index (Phi) is 7.21. The minimum Gasteiger partial charge on any atom is -0.277 e. The van der Waals surface area contributed by atoms with Crippen LogP contribution in [0.25, 0.3) is 133 Å². The molecule has 15 aromatic rings. The van der Waals surface area contributed by atoms with Crippen molar-refractivity contribution in [3.8, 4) is 44.5 Å². The molecule has 9 aromatic carbocycles. The highest BCUT2D eigenvalue weighted by Gasteiger charge is 2.40. The van der Waals surface area contributed by atoms with Gasteiger partial charge in [-0.15, -0.1) is 0 Å². The molecule has 6 aromatic heterocycles. The van der Waals surface area contributed by atoms with E-state index in [-0.39, 0.29) is 10.8 Å². The van der Waals surface area contributed by atoms with Crippen molar-refractivity contribution in [3.05, 3.63) is 189 Å². The van der Waals surface area contributed by atoms with Crippen molar-refractivity contribution in [3.63, 3.8) is 0 Å². The Morgan fingerprint density at radius 2 is 0.716 bits per heavy atom. The lowest BCUT2D eigenvalue weighted by molar-refractivity contribution is 0.661. The molecule has 74 heavy (non-hydrogen) atoms. The summed E-state index contributed by atoms with van der Waals surface area (Å²) in [6.07, 6.45) is 0. The van der Waals surface area contributed by atoms with Crippen molar-refractivity contribution >= 4 is 88.3 Å². The van der Waals surface area contributed by atoms with Crippen molar-refractivity contribution in [1.82, 2.24) is 27.6 Å². The van der Waals surface area contributed by atoms with E-state index < -0.39 is 0 Å². The number of aryl methyl sites for hydroxylation is 6. The molecule has 0 radical (unpaired) electrons. The maximum absolute atomic E-state index is 5.72. The molecule has 0 spiro atoms. The van der Waals surface area contributed by atoms with Gasteiger partial charge in [0, 0.05) is 32.4 Å². The van der Waals surface area contributed by atoms with E-state index in [4.69, 9.17) is 9.97 Å². The largest absolute Gasteiger partial charge is 0.277 e. The van der Waals surface area contributed by atoms with Crippen molar-refractivity contribution in [2.24, 2.45) is 0 Å². The van der Waals surface area contributed by atoms with Gasteiger partial charge in [0.05, 0.1) is 55.2 Å². The number of aromatic nitrogens is 6. The zero-order valence-corrected chi connectivity index (χ0v) is 43.4. The minimum atomic E-state index is -0.188. The second-order valence-corrected chi connectivity index (χ2v) is 23.4. The zero-order chi connectivity index (χ0) is 49.9. The third-order valence-electron chi connectivity index (χ3n) is 18.3. The Morgan fingerprint density at radius 1 is 0.351 bits per heavy atom. The first-order chi connectivity index (χ1) is 35.7. The summed E-state index contributed by atoms with van der Waals surface area (Å²) in [5.74, 6) is 1.88. The van der Waals surface area contributed by atoms with Crippen LogP contribution in [-0.4, -0.2) is 27.6 Å². The van der Waals surface area contributed by atoms with Crippen LogP contribution in [0.4, 0.5) is 0 Å². The van der Waals surface area contributed by atoms with Crippen molar-refractivity contribution in [2.75, 3.05) is 0 Å². The van der Waals surface area contributed by atoms with Crippen LogP contribution in [0.3, 0.4) is 0 Å². The summed E-state index contributed by atoms with van der Waals surface area (Å²) < 4.78 is 10.1. The molecular weight excluding hydrogens is 901 g/mol. The van der Waals surface area contributed by atoms with Gasteiger partial charge in [-0.05, 0) is 179 Å². The number of benzene rings is 9. The van der Waals surface area contributed by atoms with E-state index in [1.165, 1.54) is 155 Å². The molecule has 0 N–H and O–H groups in total. The highest BCUT2D eigenvalue weighted by atomic mass is 15.2. The summed E-state index contributed by atoms with van der Waals surface area (Å²) in [5.41, 5.74) is 34.4. The van der Waals surface area contributed by atoms with Crippen LogP contribution < -0.4 is 0 Å². The molecule has 6 heterocycles. The number of fused-ring (bicyclic) bond motifs is 24. The van der Waals surface area contributed by atoms with E-state index >= 15 is 0 Å². The Hall–Kier alpha value is -8.48. The van der Waals surface area contributed by atoms with Gasteiger partial charge in [-0.3, -0.25) is 17.6 Å². The van der Waals surface area contributed by atoms with E-state index in [1.807, 2.05) is 0 Å². The molecule has 0 saturated carbocycles. The Bertz CT molecular complexity index is 4770. The predicted molar refractivity (Wildman–Crippen MR) is 308 cm³/mol. The summed E-state index contributed by atoms with van der Waals surface area (Å²) in [5, 5.41) is 4.95. The van der Waals surface area contributed by atoms with Gasteiger partial charge in [0.15, 0.2) is 0 Å². The SMILES string of the molecule is Cc1cc(C)c(-c2ccc3nc4n(c3c2)c2c3c5cc6c(cc5n5c3c(c3c7cc8c(cc7n4c32)C(C)(C)c2ccccc2-8)n2c3cc(-c4c(C)cc(C)cc4C)ccc3nc25)C(C)(C)c2ccccc2-6)c(C)c1. The highest BCUT2D eigenvalue weighted by molar-refractivity contribution is 6.37. The topological polar surface area (TPSA) is 43.4 Å². The first-order valence-corrected chi connectivity index (χ1v) is 26.3. The maximum atomic E-state index is 5.72. The van der Waals surface area contributed by atoms with Crippen molar-refractivity contribution in [1.29, 1.82) is 0 Å². The van der Waals surface area contributed by atoms with E-state index in [0.29, 0.717) is 0 Å². The monoisotopic (exact) mass is 952 g/mol. The molecule has 6 heteroatoms. The number of hydrogen-bond acceptors (Lipinski definition) is 2. The summed E-state index contributed by atoms with van der Waals surface area (Å²) >= 11 is 0. The molecule has 17 rings (SSSR count). The summed E-state index contributed by atoms with van der Waals surface area (Å²) in [4.78, 5) is 11.4. The summed E-state index contributed by atoms with van der Waals surface area (Å²) in [6, 6.07) is 51.4. The minimum absolute atomic E-state index is 0.188.